The average Bonchev–Trinajstić information content (AvgIpc) is 2.26. The minimum atomic E-state index is 0.245. The van der Waals surface area contributed by atoms with Crippen LogP contribution < -0.4 is 5.32 Å². The van der Waals surface area contributed by atoms with Gasteiger partial charge in [-0.1, -0.05) is 11.6 Å². The Morgan fingerprint density at radius 2 is 2.25 bits per heavy atom. The first-order valence-electron chi connectivity index (χ1n) is 5.62. The number of pyridine rings is 1. The Balaban J connectivity index is 2.48. The first-order chi connectivity index (χ1) is 7.63. The van der Waals surface area contributed by atoms with Crippen molar-refractivity contribution in [1.29, 1.82) is 0 Å². The lowest BCUT2D eigenvalue weighted by molar-refractivity contribution is 0.274. The van der Waals surface area contributed by atoms with Crippen LogP contribution >= 0.6 is 11.6 Å². The van der Waals surface area contributed by atoms with Crippen molar-refractivity contribution in [3.63, 3.8) is 0 Å². The molecule has 0 saturated carbocycles. The van der Waals surface area contributed by atoms with E-state index >= 15 is 0 Å². The molecule has 2 N–H and O–H groups in total. The van der Waals surface area contributed by atoms with Gasteiger partial charge in [0.1, 0.15) is 5.15 Å². The molecule has 0 aliphatic carbocycles. The van der Waals surface area contributed by atoms with E-state index in [4.69, 9.17) is 16.7 Å². The molecule has 2 atom stereocenters. The van der Waals surface area contributed by atoms with Crippen LogP contribution in [0.3, 0.4) is 0 Å². The summed E-state index contributed by atoms with van der Waals surface area (Å²) in [7, 11) is 0. The van der Waals surface area contributed by atoms with Crippen LogP contribution in [0, 0.1) is 0 Å². The fourth-order valence-electron chi connectivity index (χ4n) is 1.69. The lowest BCUT2D eigenvalue weighted by Crippen LogP contribution is -2.29. The second-order valence-electron chi connectivity index (χ2n) is 4.07. The summed E-state index contributed by atoms with van der Waals surface area (Å²) >= 11 is 5.84. The van der Waals surface area contributed by atoms with Gasteiger partial charge in [-0.3, -0.25) is 0 Å². The zero-order valence-corrected chi connectivity index (χ0v) is 10.5. The summed E-state index contributed by atoms with van der Waals surface area (Å²) in [6, 6.07) is 4.46. The Bertz CT molecular complexity index is 320. The zero-order chi connectivity index (χ0) is 12.0. The molecule has 0 fully saturated rings. The van der Waals surface area contributed by atoms with E-state index in [2.05, 4.69) is 24.1 Å². The van der Waals surface area contributed by atoms with Crippen LogP contribution in [0.2, 0.25) is 5.15 Å². The van der Waals surface area contributed by atoms with Gasteiger partial charge in [-0.05, 0) is 44.4 Å². The second kappa shape index (κ2) is 6.84. The quantitative estimate of drug-likeness (QED) is 0.754. The third kappa shape index (κ3) is 4.47. The fraction of sp³-hybridized carbons (Fsp3) is 0.583. The number of halogens is 1. The predicted molar refractivity (Wildman–Crippen MR) is 66.6 cm³/mol. The third-order valence-corrected chi connectivity index (χ3v) is 2.79. The fourth-order valence-corrected chi connectivity index (χ4v) is 1.87. The van der Waals surface area contributed by atoms with Crippen molar-refractivity contribution in [3.05, 3.63) is 29.0 Å². The summed E-state index contributed by atoms with van der Waals surface area (Å²) in [4.78, 5) is 3.96. The molecule has 0 amide bonds. The summed E-state index contributed by atoms with van der Waals surface area (Å²) in [5.41, 5.74) is 1.14. The number of hydrogen-bond donors (Lipinski definition) is 2. The Labute approximate surface area is 102 Å². The summed E-state index contributed by atoms with van der Waals surface area (Å²) in [5.74, 6) is 0. The van der Waals surface area contributed by atoms with Crippen LogP contribution in [-0.2, 0) is 0 Å². The molecule has 0 aliphatic heterocycles. The van der Waals surface area contributed by atoms with Crippen molar-refractivity contribution in [2.24, 2.45) is 0 Å². The molecule has 0 bridgehead atoms. The minimum Gasteiger partial charge on any atom is -0.396 e. The molecule has 2 unspecified atom stereocenters. The molecule has 0 radical (unpaired) electrons. The van der Waals surface area contributed by atoms with Crippen LogP contribution in [0.1, 0.15) is 38.3 Å². The number of rotatable bonds is 6. The van der Waals surface area contributed by atoms with Gasteiger partial charge in [0, 0.05) is 24.9 Å². The lowest BCUT2D eigenvalue weighted by Gasteiger charge is -2.20. The third-order valence-electron chi connectivity index (χ3n) is 2.58. The molecule has 0 saturated heterocycles. The summed E-state index contributed by atoms with van der Waals surface area (Å²) in [5, 5.41) is 12.7. The molecule has 1 aromatic heterocycles. The molecular formula is C12H19ClN2O. The number of nitrogens with one attached hydrogen (secondary N) is 1. The molecule has 1 rings (SSSR count). The van der Waals surface area contributed by atoms with Crippen LogP contribution in [-0.4, -0.2) is 22.7 Å². The molecule has 0 aromatic carbocycles. The molecule has 0 aliphatic rings. The van der Waals surface area contributed by atoms with Crippen LogP contribution in [0.4, 0.5) is 0 Å². The highest BCUT2D eigenvalue weighted by Crippen LogP contribution is 2.16. The van der Waals surface area contributed by atoms with E-state index in [9.17, 15) is 0 Å². The van der Waals surface area contributed by atoms with Crippen LogP contribution in [0.5, 0.6) is 0 Å². The maximum Gasteiger partial charge on any atom is 0.129 e. The molecular weight excluding hydrogens is 224 g/mol. The standard InChI is InChI=1S/C12H19ClN2O/c1-9(4-3-7-16)15-10(2)11-5-6-14-12(13)8-11/h5-6,8-10,15-16H,3-4,7H2,1-2H3. The van der Waals surface area contributed by atoms with Crippen molar-refractivity contribution in [1.82, 2.24) is 10.3 Å². The van der Waals surface area contributed by atoms with E-state index < -0.39 is 0 Å². The van der Waals surface area contributed by atoms with E-state index in [-0.39, 0.29) is 12.6 Å². The number of aromatic nitrogens is 1. The van der Waals surface area contributed by atoms with Crippen molar-refractivity contribution >= 4 is 11.6 Å². The van der Waals surface area contributed by atoms with Gasteiger partial charge in [0.25, 0.3) is 0 Å². The zero-order valence-electron chi connectivity index (χ0n) is 9.78. The largest absolute Gasteiger partial charge is 0.396 e. The average molecular weight is 243 g/mol. The van der Waals surface area contributed by atoms with Crippen molar-refractivity contribution in [2.45, 2.75) is 38.8 Å². The second-order valence-corrected chi connectivity index (χ2v) is 4.45. The van der Waals surface area contributed by atoms with Crippen LogP contribution in [0.15, 0.2) is 18.3 Å². The van der Waals surface area contributed by atoms with Gasteiger partial charge in [0.2, 0.25) is 0 Å². The maximum absolute atomic E-state index is 8.75. The van der Waals surface area contributed by atoms with E-state index in [1.807, 2.05) is 12.1 Å². The van der Waals surface area contributed by atoms with Crippen molar-refractivity contribution in [3.8, 4) is 0 Å². The number of aliphatic hydroxyl groups is 1. The molecule has 1 heterocycles. The molecule has 90 valence electrons. The Hall–Kier alpha value is -0.640. The van der Waals surface area contributed by atoms with Gasteiger partial charge in [0.15, 0.2) is 0 Å². The van der Waals surface area contributed by atoms with Gasteiger partial charge >= 0.3 is 0 Å². The highest BCUT2D eigenvalue weighted by atomic mass is 35.5. The predicted octanol–water partition coefficient (Wildman–Crippen LogP) is 2.55. The Morgan fingerprint density at radius 3 is 2.88 bits per heavy atom. The highest BCUT2D eigenvalue weighted by molar-refractivity contribution is 6.29. The van der Waals surface area contributed by atoms with Crippen molar-refractivity contribution < 1.29 is 5.11 Å². The van der Waals surface area contributed by atoms with E-state index in [0.717, 1.165) is 18.4 Å². The highest BCUT2D eigenvalue weighted by Gasteiger charge is 2.09. The van der Waals surface area contributed by atoms with E-state index in [0.29, 0.717) is 11.2 Å². The summed E-state index contributed by atoms with van der Waals surface area (Å²) in [6.45, 7) is 4.47. The van der Waals surface area contributed by atoms with Gasteiger partial charge in [-0.2, -0.15) is 0 Å². The monoisotopic (exact) mass is 242 g/mol. The number of hydrogen-bond acceptors (Lipinski definition) is 3. The van der Waals surface area contributed by atoms with E-state index in [1.165, 1.54) is 0 Å². The van der Waals surface area contributed by atoms with Gasteiger partial charge in [-0.25, -0.2) is 4.98 Å². The van der Waals surface area contributed by atoms with Gasteiger partial charge in [-0.15, -0.1) is 0 Å². The van der Waals surface area contributed by atoms with Crippen molar-refractivity contribution in [2.75, 3.05) is 6.61 Å². The van der Waals surface area contributed by atoms with Gasteiger partial charge in [0.05, 0.1) is 0 Å². The van der Waals surface area contributed by atoms with Crippen LogP contribution in [0.25, 0.3) is 0 Å². The topological polar surface area (TPSA) is 45.1 Å². The molecule has 1 aromatic rings. The SMILES string of the molecule is CC(CCCO)NC(C)c1ccnc(Cl)c1. The minimum absolute atomic E-state index is 0.245. The first-order valence-corrected chi connectivity index (χ1v) is 5.99. The Morgan fingerprint density at radius 1 is 1.50 bits per heavy atom. The van der Waals surface area contributed by atoms with Gasteiger partial charge < -0.3 is 10.4 Å². The normalized spacial score (nSPS) is 14.8. The number of nitrogens with zero attached hydrogens (tertiary/aromatic N) is 1. The molecule has 16 heavy (non-hydrogen) atoms. The Kier molecular flexibility index (Phi) is 5.74. The summed E-state index contributed by atoms with van der Waals surface area (Å²) in [6.07, 6.45) is 3.52. The summed E-state index contributed by atoms with van der Waals surface area (Å²) < 4.78 is 0. The smallest absolute Gasteiger partial charge is 0.129 e. The number of aliphatic hydroxyl groups excluding tert-OH is 1. The molecule has 0 spiro atoms. The molecule has 4 heteroatoms. The maximum atomic E-state index is 8.75. The molecule has 3 nitrogen and oxygen atoms in total. The first kappa shape index (κ1) is 13.4. The van der Waals surface area contributed by atoms with E-state index in [1.54, 1.807) is 6.20 Å². The lowest BCUT2D eigenvalue weighted by atomic mass is 10.1.